The third kappa shape index (κ3) is 5.10. The van der Waals surface area contributed by atoms with Gasteiger partial charge >= 0.3 is 5.69 Å². The van der Waals surface area contributed by atoms with Crippen LogP contribution in [0.25, 0.3) is 0 Å². The van der Waals surface area contributed by atoms with Crippen LogP contribution in [0.4, 0.5) is 5.69 Å². The van der Waals surface area contributed by atoms with Crippen molar-refractivity contribution in [3.05, 3.63) is 57.1 Å². The molecule has 23 heavy (non-hydrogen) atoms. The minimum Gasteiger partial charge on any atom is -0.383 e. The van der Waals surface area contributed by atoms with Crippen LogP contribution >= 0.6 is 0 Å². The molecular formula is C15H19N5O3. The van der Waals surface area contributed by atoms with Crippen molar-refractivity contribution in [1.82, 2.24) is 19.9 Å². The molecule has 0 aromatic carbocycles. The van der Waals surface area contributed by atoms with Gasteiger partial charge in [-0.3, -0.25) is 19.6 Å². The van der Waals surface area contributed by atoms with Crippen LogP contribution in [0.1, 0.15) is 12.0 Å². The Labute approximate surface area is 132 Å². The van der Waals surface area contributed by atoms with Gasteiger partial charge in [-0.05, 0) is 18.6 Å². The first-order valence-electron chi connectivity index (χ1n) is 7.27. The Bertz CT molecular complexity index is 781. The first kappa shape index (κ1) is 16.5. The second-order valence-corrected chi connectivity index (χ2v) is 5.02. The zero-order chi connectivity index (χ0) is 16.7. The normalized spacial score (nSPS) is 10.3. The molecule has 0 aliphatic heterocycles. The van der Waals surface area contributed by atoms with E-state index >= 15 is 0 Å². The fraction of sp³-hybridized carbons (Fsp3) is 0.333. The van der Waals surface area contributed by atoms with Gasteiger partial charge in [-0.25, -0.2) is 4.79 Å². The summed E-state index contributed by atoms with van der Waals surface area (Å²) in [7, 11) is 0. The van der Waals surface area contributed by atoms with E-state index in [2.05, 4.69) is 20.6 Å². The van der Waals surface area contributed by atoms with E-state index in [1.54, 1.807) is 12.4 Å². The average Bonchev–Trinajstić information content (AvgIpc) is 2.52. The number of aryl methyl sites for hydroxylation is 2. The van der Waals surface area contributed by atoms with Gasteiger partial charge in [0.05, 0.1) is 0 Å². The molecule has 122 valence electrons. The van der Waals surface area contributed by atoms with Crippen molar-refractivity contribution in [3.63, 3.8) is 0 Å². The van der Waals surface area contributed by atoms with Gasteiger partial charge in [0.15, 0.2) is 0 Å². The van der Waals surface area contributed by atoms with Crippen molar-refractivity contribution in [2.45, 2.75) is 19.9 Å². The van der Waals surface area contributed by atoms with Gasteiger partial charge in [0.2, 0.25) is 5.91 Å². The number of rotatable bonds is 7. The van der Waals surface area contributed by atoms with Crippen molar-refractivity contribution >= 4 is 11.6 Å². The lowest BCUT2D eigenvalue weighted by Crippen LogP contribution is -2.32. The number of carbonyl (C=O) groups excluding carboxylic acids is 1. The summed E-state index contributed by atoms with van der Waals surface area (Å²) >= 11 is 0. The third-order valence-electron chi connectivity index (χ3n) is 3.26. The van der Waals surface area contributed by atoms with E-state index in [1.807, 2.05) is 13.0 Å². The highest BCUT2D eigenvalue weighted by atomic mass is 16.2. The van der Waals surface area contributed by atoms with E-state index in [9.17, 15) is 14.4 Å². The van der Waals surface area contributed by atoms with Gasteiger partial charge in [0, 0.05) is 56.4 Å². The highest BCUT2D eigenvalue weighted by Crippen LogP contribution is 2.10. The van der Waals surface area contributed by atoms with Crippen LogP contribution in [-0.4, -0.2) is 33.5 Å². The standard InChI is InChI=1S/C15H19N5O3/c1-11-10-16-5-2-12(11)17-6-7-18-13(21)3-8-20-9-4-14(22)19-15(20)23/h2,4-5,9-10H,3,6-8H2,1H3,(H,16,17)(H,18,21)(H,19,22,23). The van der Waals surface area contributed by atoms with Crippen LogP contribution < -0.4 is 21.9 Å². The summed E-state index contributed by atoms with van der Waals surface area (Å²) in [5, 5.41) is 5.98. The maximum absolute atomic E-state index is 11.7. The summed E-state index contributed by atoms with van der Waals surface area (Å²) in [6.45, 7) is 3.24. The molecule has 2 aromatic heterocycles. The van der Waals surface area contributed by atoms with Gasteiger partial charge in [-0.15, -0.1) is 0 Å². The maximum Gasteiger partial charge on any atom is 0.328 e. The molecule has 0 bridgehead atoms. The van der Waals surface area contributed by atoms with Crippen molar-refractivity contribution in [2.75, 3.05) is 18.4 Å². The Morgan fingerprint density at radius 2 is 2.13 bits per heavy atom. The number of carbonyl (C=O) groups is 1. The smallest absolute Gasteiger partial charge is 0.328 e. The van der Waals surface area contributed by atoms with Gasteiger partial charge in [0.1, 0.15) is 0 Å². The topological polar surface area (TPSA) is 109 Å². The van der Waals surface area contributed by atoms with Gasteiger partial charge < -0.3 is 15.2 Å². The molecule has 8 nitrogen and oxygen atoms in total. The number of hydrogen-bond donors (Lipinski definition) is 3. The van der Waals surface area contributed by atoms with E-state index in [0.717, 1.165) is 11.3 Å². The molecule has 2 heterocycles. The summed E-state index contributed by atoms with van der Waals surface area (Å²) in [6, 6.07) is 3.13. The minimum atomic E-state index is -0.514. The second-order valence-electron chi connectivity index (χ2n) is 5.02. The van der Waals surface area contributed by atoms with E-state index in [4.69, 9.17) is 0 Å². The Morgan fingerprint density at radius 3 is 2.87 bits per heavy atom. The van der Waals surface area contributed by atoms with Gasteiger partial charge in [0.25, 0.3) is 5.56 Å². The number of H-pyrrole nitrogens is 1. The molecule has 0 spiro atoms. The molecule has 0 atom stereocenters. The van der Waals surface area contributed by atoms with Crippen LogP contribution in [0.15, 0.2) is 40.3 Å². The summed E-state index contributed by atoms with van der Waals surface area (Å²) in [5.41, 5.74) is 1.05. The first-order valence-corrected chi connectivity index (χ1v) is 7.27. The minimum absolute atomic E-state index is 0.156. The number of aromatic nitrogens is 3. The molecule has 0 fully saturated rings. The lowest BCUT2D eigenvalue weighted by molar-refractivity contribution is -0.121. The number of nitrogens with one attached hydrogen (secondary N) is 3. The first-order chi connectivity index (χ1) is 11.1. The molecule has 1 amide bonds. The van der Waals surface area contributed by atoms with Crippen LogP contribution in [-0.2, 0) is 11.3 Å². The molecule has 0 aliphatic rings. The lowest BCUT2D eigenvalue weighted by atomic mass is 10.2. The number of pyridine rings is 1. The van der Waals surface area contributed by atoms with Crippen LogP contribution in [0.3, 0.4) is 0 Å². The van der Waals surface area contributed by atoms with E-state index in [0.29, 0.717) is 13.1 Å². The van der Waals surface area contributed by atoms with Gasteiger partial charge in [-0.2, -0.15) is 0 Å². The number of hydrogen-bond acceptors (Lipinski definition) is 5. The average molecular weight is 317 g/mol. The zero-order valence-corrected chi connectivity index (χ0v) is 12.8. The third-order valence-corrected chi connectivity index (χ3v) is 3.26. The summed E-state index contributed by atoms with van der Waals surface area (Å²) < 4.78 is 1.29. The number of aromatic amines is 1. The molecule has 0 radical (unpaired) electrons. The Hall–Kier alpha value is -2.90. The van der Waals surface area contributed by atoms with Crippen molar-refractivity contribution in [1.29, 1.82) is 0 Å². The second kappa shape index (κ2) is 7.92. The quantitative estimate of drug-likeness (QED) is 0.616. The van der Waals surface area contributed by atoms with Crippen molar-refractivity contribution in [2.24, 2.45) is 0 Å². The molecule has 0 saturated heterocycles. The largest absolute Gasteiger partial charge is 0.383 e. The van der Waals surface area contributed by atoms with Crippen molar-refractivity contribution in [3.8, 4) is 0 Å². The fourth-order valence-electron chi connectivity index (χ4n) is 2.00. The molecule has 3 N–H and O–H groups in total. The number of anilines is 1. The molecule has 0 aliphatic carbocycles. The predicted molar refractivity (Wildman–Crippen MR) is 86.4 cm³/mol. The summed E-state index contributed by atoms with van der Waals surface area (Å²) in [4.78, 5) is 40.3. The fourth-order valence-corrected chi connectivity index (χ4v) is 2.00. The highest BCUT2D eigenvalue weighted by Gasteiger charge is 2.03. The van der Waals surface area contributed by atoms with Crippen LogP contribution in [0.5, 0.6) is 0 Å². The predicted octanol–water partition coefficient (Wildman–Crippen LogP) is -0.142. The van der Waals surface area contributed by atoms with E-state index in [-0.39, 0.29) is 18.9 Å². The Balaban J connectivity index is 1.70. The highest BCUT2D eigenvalue weighted by molar-refractivity contribution is 5.75. The zero-order valence-electron chi connectivity index (χ0n) is 12.8. The molecule has 2 aromatic rings. The molecule has 0 unspecified atom stereocenters. The Morgan fingerprint density at radius 1 is 1.30 bits per heavy atom. The molecular weight excluding hydrogens is 298 g/mol. The molecule has 8 heteroatoms. The van der Waals surface area contributed by atoms with Crippen LogP contribution in [0, 0.1) is 6.92 Å². The SMILES string of the molecule is Cc1cnccc1NCCNC(=O)CCn1ccc(=O)[nH]c1=O. The maximum atomic E-state index is 11.7. The lowest BCUT2D eigenvalue weighted by Gasteiger charge is -2.10. The van der Waals surface area contributed by atoms with Crippen LogP contribution in [0.2, 0.25) is 0 Å². The van der Waals surface area contributed by atoms with E-state index in [1.165, 1.54) is 16.8 Å². The molecule has 2 rings (SSSR count). The summed E-state index contributed by atoms with van der Waals surface area (Å²) in [6.07, 6.45) is 5.02. The molecule has 0 saturated carbocycles. The summed E-state index contributed by atoms with van der Waals surface area (Å²) in [5.74, 6) is -0.156. The number of amides is 1. The Kier molecular flexibility index (Phi) is 5.67. The van der Waals surface area contributed by atoms with Crippen molar-refractivity contribution < 1.29 is 4.79 Å². The van der Waals surface area contributed by atoms with E-state index < -0.39 is 11.2 Å². The number of nitrogens with zero attached hydrogens (tertiary/aromatic N) is 2. The monoisotopic (exact) mass is 317 g/mol. The van der Waals surface area contributed by atoms with Gasteiger partial charge in [-0.1, -0.05) is 0 Å².